The van der Waals surface area contributed by atoms with Crippen molar-refractivity contribution in [2.75, 3.05) is 19.6 Å². The molecule has 14 heavy (non-hydrogen) atoms. The van der Waals surface area contributed by atoms with Crippen molar-refractivity contribution in [1.29, 1.82) is 0 Å². The zero-order chi connectivity index (χ0) is 10.7. The Kier molecular flexibility index (Phi) is 4.39. The van der Waals surface area contributed by atoms with Crippen molar-refractivity contribution in [3.05, 3.63) is 0 Å². The molecule has 1 heterocycles. The maximum atomic E-state index is 3.51. The zero-order valence-corrected chi connectivity index (χ0v) is 10.4. The van der Waals surface area contributed by atoms with Gasteiger partial charge in [-0.2, -0.15) is 0 Å². The lowest BCUT2D eigenvalue weighted by Crippen LogP contribution is -2.46. The lowest BCUT2D eigenvalue weighted by molar-refractivity contribution is 0.206. The molecule has 2 nitrogen and oxygen atoms in total. The number of nitrogens with zero attached hydrogens (tertiary/aromatic N) is 1. The first-order valence-corrected chi connectivity index (χ1v) is 6.03. The summed E-state index contributed by atoms with van der Waals surface area (Å²) in [5.74, 6) is 1.73. The van der Waals surface area contributed by atoms with E-state index in [0.29, 0.717) is 12.1 Å². The van der Waals surface area contributed by atoms with Crippen LogP contribution in [0.5, 0.6) is 0 Å². The zero-order valence-electron chi connectivity index (χ0n) is 10.4. The number of likely N-dealkylation sites (tertiary alicyclic amines) is 1. The molecule has 0 amide bonds. The van der Waals surface area contributed by atoms with E-state index in [4.69, 9.17) is 0 Å². The van der Waals surface area contributed by atoms with Crippen molar-refractivity contribution >= 4 is 0 Å². The quantitative estimate of drug-likeness (QED) is 0.743. The van der Waals surface area contributed by atoms with Gasteiger partial charge in [-0.3, -0.25) is 4.90 Å². The van der Waals surface area contributed by atoms with E-state index in [1.165, 1.54) is 13.1 Å². The van der Waals surface area contributed by atoms with Crippen molar-refractivity contribution in [3.63, 3.8) is 0 Å². The molecule has 1 aliphatic heterocycles. The first kappa shape index (κ1) is 12.0. The average Bonchev–Trinajstić information content (AvgIpc) is 2.46. The van der Waals surface area contributed by atoms with Gasteiger partial charge >= 0.3 is 0 Å². The summed E-state index contributed by atoms with van der Waals surface area (Å²) in [5.41, 5.74) is 0. The van der Waals surface area contributed by atoms with Gasteiger partial charge in [-0.15, -0.1) is 0 Å². The van der Waals surface area contributed by atoms with Crippen LogP contribution in [0.25, 0.3) is 0 Å². The SMILES string of the molecule is CCNC(C)C(C)N1CC(C)C(C)C1. The molecule has 1 N–H and O–H groups in total. The maximum Gasteiger partial charge on any atom is 0.0218 e. The summed E-state index contributed by atoms with van der Waals surface area (Å²) in [6.07, 6.45) is 0. The van der Waals surface area contributed by atoms with Crippen molar-refractivity contribution in [3.8, 4) is 0 Å². The van der Waals surface area contributed by atoms with Crippen molar-refractivity contribution in [2.45, 2.75) is 46.7 Å². The van der Waals surface area contributed by atoms with Crippen LogP contribution in [0.1, 0.15) is 34.6 Å². The van der Waals surface area contributed by atoms with Crippen LogP contribution in [0, 0.1) is 11.8 Å². The maximum absolute atomic E-state index is 3.51. The lowest BCUT2D eigenvalue weighted by Gasteiger charge is -2.30. The van der Waals surface area contributed by atoms with Crippen molar-refractivity contribution < 1.29 is 0 Å². The first-order chi connectivity index (χ1) is 6.56. The summed E-state index contributed by atoms with van der Waals surface area (Å²) in [7, 11) is 0. The average molecular weight is 198 g/mol. The number of hydrogen-bond donors (Lipinski definition) is 1. The van der Waals surface area contributed by atoms with E-state index in [-0.39, 0.29) is 0 Å². The van der Waals surface area contributed by atoms with E-state index in [2.05, 4.69) is 44.8 Å². The Bertz CT molecular complexity index is 160. The summed E-state index contributed by atoms with van der Waals surface area (Å²) >= 11 is 0. The van der Waals surface area contributed by atoms with Crippen LogP contribution in [0.2, 0.25) is 0 Å². The summed E-state index contributed by atoms with van der Waals surface area (Å²) < 4.78 is 0. The molecule has 4 atom stereocenters. The Labute approximate surface area is 89.1 Å². The predicted octanol–water partition coefficient (Wildman–Crippen LogP) is 1.96. The molecule has 1 saturated heterocycles. The van der Waals surface area contributed by atoms with Gasteiger partial charge < -0.3 is 5.32 Å². The highest BCUT2D eigenvalue weighted by atomic mass is 15.2. The van der Waals surface area contributed by atoms with Crippen LogP contribution in [-0.2, 0) is 0 Å². The minimum Gasteiger partial charge on any atom is -0.313 e. The fraction of sp³-hybridized carbons (Fsp3) is 1.00. The molecule has 84 valence electrons. The minimum atomic E-state index is 0.609. The minimum absolute atomic E-state index is 0.609. The molecule has 0 aromatic heterocycles. The highest BCUT2D eigenvalue weighted by Gasteiger charge is 2.30. The molecule has 4 unspecified atom stereocenters. The van der Waals surface area contributed by atoms with Gasteiger partial charge in [-0.05, 0) is 32.2 Å². The van der Waals surface area contributed by atoms with E-state index in [1.807, 2.05) is 0 Å². The summed E-state index contributed by atoms with van der Waals surface area (Å²) in [5, 5.41) is 3.51. The molecule has 1 aliphatic rings. The fourth-order valence-electron chi connectivity index (χ4n) is 2.32. The van der Waals surface area contributed by atoms with Gasteiger partial charge in [0.15, 0.2) is 0 Å². The molecule has 1 fully saturated rings. The number of rotatable bonds is 4. The molecule has 1 rings (SSSR count). The van der Waals surface area contributed by atoms with E-state index >= 15 is 0 Å². The van der Waals surface area contributed by atoms with Gasteiger partial charge in [0.1, 0.15) is 0 Å². The van der Waals surface area contributed by atoms with Crippen LogP contribution in [0.4, 0.5) is 0 Å². The molecule has 0 bridgehead atoms. The smallest absolute Gasteiger partial charge is 0.0218 e. The number of likely N-dealkylation sites (N-methyl/N-ethyl adjacent to an activating group) is 1. The van der Waals surface area contributed by atoms with Crippen LogP contribution in [0.3, 0.4) is 0 Å². The third kappa shape index (κ3) is 2.71. The highest BCUT2D eigenvalue weighted by Crippen LogP contribution is 2.24. The largest absolute Gasteiger partial charge is 0.313 e. The van der Waals surface area contributed by atoms with E-state index in [1.54, 1.807) is 0 Å². The second-order valence-corrected chi connectivity index (χ2v) is 5.00. The normalized spacial score (nSPS) is 33.2. The van der Waals surface area contributed by atoms with Gasteiger partial charge in [-0.1, -0.05) is 20.8 Å². The molecular formula is C12H26N2. The van der Waals surface area contributed by atoms with E-state index < -0.39 is 0 Å². The Hall–Kier alpha value is -0.0800. The van der Waals surface area contributed by atoms with Crippen LogP contribution < -0.4 is 5.32 Å². The second kappa shape index (κ2) is 5.13. The first-order valence-electron chi connectivity index (χ1n) is 6.03. The lowest BCUT2D eigenvalue weighted by atomic mass is 10.0. The van der Waals surface area contributed by atoms with Crippen LogP contribution >= 0.6 is 0 Å². The third-order valence-electron chi connectivity index (χ3n) is 3.84. The Morgan fingerprint density at radius 3 is 2.14 bits per heavy atom. The summed E-state index contributed by atoms with van der Waals surface area (Å²) in [4.78, 5) is 2.63. The van der Waals surface area contributed by atoms with Gasteiger partial charge in [-0.25, -0.2) is 0 Å². The molecule has 2 heteroatoms. The monoisotopic (exact) mass is 198 g/mol. The molecule has 0 radical (unpaired) electrons. The van der Waals surface area contributed by atoms with Gasteiger partial charge in [0.2, 0.25) is 0 Å². The van der Waals surface area contributed by atoms with Gasteiger partial charge in [0, 0.05) is 25.2 Å². The molecule has 0 aliphatic carbocycles. The molecular weight excluding hydrogens is 172 g/mol. The van der Waals surface area contributed by atoms with Crippen molar-refractivity contribution in [1.82, 2.24) is 10.2 Å². The van der Waals surface area contributed by atoms with Gasteiger partial charge in [0.05, 0.1) is 0 Å². The standard InChI is InChI=1S/C12H26N2/c1-6-13-11(4)12(5)14-7-9(2)10(3)8-14/h9-13H,6-8H2,1-5H3. The number of hydrogen-bond acceptors (Lipinski definition) is 2. The Balaban J connectivity index is 2.42. The topological polar surface area (TPSA) is 15.3 Å². The van der Waals surface area contributed by atoms with Crippen molar-refractivity contribution in [2.24, 2.45) is 11.8 Å². The van der Waals surface area contributed by atoms with Crippen LogP contribution in [-0.4, -0.2) is 36.6 Å². The molecule has 0 spiro atoms. The summed E-state index contributed by atoms with van der Waals surface area (Å²) in [6, 6.07) is 1.28. The Morgan fingerprint density at radius 1 is 1.21 bits per heavy atom. The summed E-state index contributed by atoms with van der Waals surface area (Å²) in [6.45, 7) is 15.2. The fourth-order valence-corrected chi connectivity index (χ4v) is 2.32. The van der Waals surface area contributed by atoms with E-state index in [9.17, 15) is 0 Å². The molecule has 0 aromatic carbocycles. The predicted molar refractivity (Wildman–Crippen MR) is 62.5 cm³/mol. The van der Waals surface area contributed by atoms with Gasteiger partial charge in [0.25, 0.3) is 0 Å². The highest BCUT2D eigenvalue weighted by molar-refractivity contribution is 4.86. The third-order valence-corrected chi connectivity index (χ3v) is 3.84. The Morgan fingerprint density at radius 2 is 1.71 bits per heavy atom. The second-order valence-electron chi connectivity index (χ2n) is 5.00. The van der Waals surface area contributed by atoms with E-state index in [0.717, 1.165) is 18.4 Å². The van der Waals surface area contributed by atoms with Crippen LogP contribution in [0.15, 0.2) is 0 Å². The number of nitrogens with one attached hydrogen (secondary N) is 1. The molecule has 0 aromatic rings. The molecule has 0 saturated carbocycles.